The quantitative estimate of drug-likeness (QED) is 0.806. The van der Waals surface area contributed by atoms with E-state index in [1.165, 1.54) is 5.56 Å². The van der Waals surface area contributed by atoms with Crippen molar-refractivity contribution >= 4 is 23.2 Å². The maximum Gasteiger partial charge on any atom is 0.269 e. The van der Waals surface area contributed by atoms with Gasteiger partial charge in [0.25, 0.3) is 5.91 Å². The predicted molar refractivity (Wildman–Crippen MR) is 87.7 cm³/mol. The zero-order valence-electron chi connectivity index (χ0n) is 12.2. The number of para-hydroxylation sites is 1. The molecule has 3 nitrogen and oxygen atoms in total. The summed E-state index contributed by atoms with van der Waals surface area (Å²) in [5.74, 6) is -0.183. The Bertz CT molecular complexity index is 603. The molecule has 110 valence electrons. The first-order valence-corrected chi connectivity index (χ1v) is 7.40. The third-order valence-corrected chi connectivity index (χ3v) is 3.59. The SMILES string of the molecule is CCCc1ccc(C(=O)NNc2c(C)cccc2Cl)cc1. The van der Waals surface area contributed by atoms with Crippen LogP contribution in [0.15, 0.2) is 42.5 Å². The summed E-state index contributed by atoms with van der Waals surface area (Å²) in [7, 11) is 0. The third kappa shape index (κ3) is 3.99. The van der Waals surface area contributed by atoms with Gasteiger partial charge in [-0.3, -0.25) is 15.6 Å². The highest BCUT2D eigenvalue weighted by Crippen LogP contribution is 2.24. The minimum atomic E-state index is -0.183. The summed E-state index contributed by atoms with van der Waals surface area (Å²) in [6.45, 7) is 4.07. The molecule has 0 radical (unpaired) electrons. The highest BCUT2D eigenvalue weighted by Gasteiger charge is 2.07. The van der Waals surface area contributed by atoms with Gasteiger partial charge in [0.05, 0.1) is 10.7 Å². The smallest absolute Gasteiger partial charge is 0.269 e. The largest absolute Gasteiger partial charge is 0.297 e. The Balaban J connectivity index is 2.01. The summed E-state index contributed by atoms with van der Waals surface area (Å²) < 4.78 is 0. The molecule has 0 spiro atoms. The fourth-order valence-corrected chi connectivity index (χ4v) is 2.36. The summed E-state index contributed by atoms with van der Waals surface area (Å²) in [6, 6.07) is 13.2. The molecule has 0 aliphatic heterocycles. The Morgan fingerprint density at radius 3 is 2.48 bits per heavy atom. The number of hydrogen-bond donors (Lipinski definition) is 2. The lowest BCUT2D eigenvalue weighted by Crippen LogP contribution is -2.29. The van der Waals surface area contributed by atoms with Gasteiger partial charge in [0.1, 0.15) is 0 Å². The van der Waals surface area contributed by atoms with Gasteiger partial charge in [-0.05, 0) is 42.7 Å². The van der Waals surface area contributed by atoms with Crippen molar-refractivity contribution in [2.24, 2.45) is 0 Å². The van der Waals surface area contributed by atoms with Crippen LogP contribution in [0.25, 0.3) is 0 Å². The Labute approximate surface area is 130 Å². The van der Waals surface area contributed by atoms with Gasteiger partial charge < -0.3 is 0 Å². The number of hydrazine groups is 1. The second-order valence-electron chi connectivity index (χ2n) is 4.96. The van der Waals surface area contributed by atoms with Gasteiger partial charge in [-0.25, -0.2) is 0 Å². The second kappa shape index (κ2) is 7.14. The van der Waals surface area contributed by atoms with E-state index in [0.29, 0.717) is 10.6 Å². The predicted octanol–water partition coefficient (Wildman–Crippen LogP) is 4.36. The zero-order valence-corrected chi connectivity index (χ0v) is 13.0. The van der Waals surface area contributed by atoms with Crippen LogP contribution in [0.4, 0.5) is 5.69 Å². The standard InChI is InChI=1S/C17H19ClN2O/c1-3-5-13-8-10-14(11-9-13)17(21)20-19-16-12(2)6-4-7-15(16)18/h4,6-11,19H,3,5H2,1-2H3,(H,20,21). The lowest BCUT2D eigenvalue weighted by molar-refractivity contribution is 0.0962. The van der Waals surface area contributed by atoms with Crippen molar-refractivity contribution in [2.45, 2.75) is 26.7 Å². The van der Waals surface area contributed by atoms with E-state index in [2.05, 4.69) is 17.8 Å². The topological polar surface area (TPSA) is 41.1 Å². The molecular weight excluding hydrogens is 284 g/mol. The van der Waals surface area contributed by atoms with E-state index in [-0.39, 0.29) is 5.91 Å². The van der Waals surface area contributed by atoms with Gasteiger partial charge >= 0.3 is 0 Å². The number of aryl methyl sites for hydroxylation is 2. The summed E-state index contributed by atoms with van der Waals surface area (Å²) >= 11 is 6.10. The van der Waals surface area contributed by atoms with Gasteiger partial charge in [-0.1, -0.05) is 49.2 Å². The molecule has 0 bridgehead atoms. The van der Waals surface area contributed by atoms with Crippen molar-refractivity contribution in [3.8, 4) is 0 Å². The molecule has 4 heteroatoms. The molecular formula is C17H19ClN2O. The van der Waals surface area contributed by atoms with Crippen molar-refractivity contribution in [2.75, 3.05) is 5.43 Å². The van der Waals surface area contributed by atoms with Gasteiger partial charge in [0, 0.05) is 5.56 Å². The minimum absolute atomic E-state index is 0.183. The number of amides is 1. The molecule has 0 saturated heterocycles. The molecule has 0 unspecified atom stereocenters. The van der Waals surface area contributed by atoms with E-state index in [4.69, 9.17) is 11.6 Å². The van der Waals surface area contributed by atoms with Crippen LogP contribution in [-0.2, 0) is 6.42 Å². The van der Waals surface area contributed by atoms with Gasteiger partial charge in [-0.2, -0.15) is 0 Å². The number of anilines is 1. The maximum absolute atomic E-state index is 12.1. The van der Waals surface area contributed by atoms with Crippen LogP contribution in [0.5, 0.6) is 0 Å². The molecule has 2 rings (SSSR count). The first-order chi connectivity index (χ1) is 10.1. The van der Waals surface area contributed by atoms with E-state index in [0.717, 1.165) is 24.1 Å². The van der Waals surface area contributed by atoms with Crippen molar-refractivity contribution in [3.05, 3.63) is 64.2 Å². The lowest BCUT2D eigenvalue weighted by Gasteiger charge is -2.12. The number of carbonyl (C=O) groups excluding carboxylic acids is 1. The van der Waals surface area contributed by atoms with E-state index in [1.54, 1.807) is 6.07 Å². The highest BCUT2D eigenvalue weighted by atomic mass is 35.5. The Morgan fingerprint density at radius 1 is 1.14 bits per heavy atom. The number of benzene rings is 2. The monoisotopic (exact) mass is 302 g/mol. The van der Waals surface area contributed by atoms with Crippen LogP contribution in [-0.4, -0.2) is 5.91 Å². The molecule has 0 saturated carbocycles. The summed E-state index contributed by atoms with van der Waals surface area (Å²) in [5, 5.41) is 0.577. The number of hydrogen-bond acceptors (Lipinski definition) is 2. The third-order valence-electron chi connectivity index (χ3n) is 3.28. The zero-order chi connectivity index (χ0) is 15.2. The Kier molecular flexibility index (Phi) is 5.23. The molecule has 2 N–H and O–H groups in total. The van der Waals surface area contributed by atoms with Gasteiger partial charge in [0.2, 0.25) is 0 Å². The van der Waals surface area contributed by atoms with Crippen molar-refractivity contribution in [3.63, 3.8) is 0 Å². The maximum atomic E-state index is 12.1. The highest BCUT2D eigenvalue weighted by molar-refractivity contribution is 6.33. The number of rotatable bonds is 5. The normalized spacial score (nSPS) is 10.2. The van der Waals surface area contributed by atoms with Gasteiger partial charge in [0.15, 0.2) is 0 Å². The van der Waals surface area contributed by atoms with Crippen LogP contribution in [0.3, 0.4) is 0 Å². The number of carbonyl (C=O) groups is 1. The van der Waals surface area contributed by atoms with Crippen LogP contribution >= 0.6 is 11.6 Å². The molecule has 2 aromatic carbocycles. The molecule has 0 heterocycles. The average molecular weight is 303 g/mol. The number of nitrogens with one attached hydrogen (secondary N) is 2. The average Bonchev–Trinajstić information content (AvgIpc) is 2.47. The second-order valence-corrected chi connectivity index (χ2v) is 5.36. The van der Waals surface area contributed by atoms with Crippen molar-refractivity contribution in [1.82, 2.24) is 5.43 Å². The molecule has 0 aliphatic rings. The fourth-order valence-electron chi connectivity index (χ4n) is 2.09. The van der Waals surface area contributed by atoms with E-state index in [9.17, 15) is 4.79 Å². The van der Waals surface area contributed by atoms with Crippen LogP contribution in [0.1, 0.15) is 34.8 Å². The Hall–Kier alpha value is -2.00. The van der Waals surface area contributed by atoms with Crippen molar-refractivity contribution in [1.29, 1.82) is 0 Å². The molecule has 0 atom stereocenters. The molecule has 2 aromatic rings. The molecule has 0 fully saturated rings. The molecule has 0 aromatic heterocycles. The number of halogens is 1. The first kappa shape index (κ1) is 15.4. The van der Waals surface area contributed by atoms with E-state index in [1.807, 2.05) is 43.3 Å². The fraction of sp³-hybridized carbons (Fsp3) is 0.235. The summed E-state index contributed by atoms with van der Waals surface area (Å²) in [4.78, 5) is 12.1. The van der Waals surface area contributed by atoms with Crippen LogP contribution in [0.2, 0.25) is 5.02 Å². The van der Waals surface area contributed by atoms with Crippen LogP contribution in [0, 0.1) is 6.92 Å². The minimum Gasteiger partial charge on any atom is -0.297 e. The van der Waals surface area contributed by atoms with E-state index < -0.39 is 0 Å². The molecule has 1 amide bonds. The molecule has 0 aliphatic carbocycles. The first-order valence-electron chi connectivity index (χ1n) is 7.02. The van der Waals surface area contributed by atoms with Crippen LogP contribution < -0.4 is 10.9 Å². The van der Waals surface area contributed by atoms with Crippen molar-refractivity contribution < 1.29 is 4.79 Å². The Morgan fingerprint density at radius 2 is 1.86 bits per heavy atom. The summed E-state index contributed by atoms with van der Waals surface area (Å²) in [5.41, 5.74) is 9.11. The van der Waals surface area contributed by atoms with Gasteiger partial charge in [-0.15, -0.1) is 0 Å². The summed E-state index contributed by atoms with van der Waals surface area (Å²) in [6.07, 6.45) is 2.12. The lowest BCUT2D eigenvalue weighted by atomic mass is 10.1. The van der Waals surface area contributed by atoms with E-state index >= 15 is 0 Å². The molecule has 21 heavy (non-hydrogen) atoms.